The highest BCUT2D eigenvalue weighted by Gasteiger charge is 2.52. The van der Waals surface area contributed by atoms with Crippen molar-refractivity contribution in [3.05, 3.63) is 59.6 Å². The number of rotatable bonds is 3. The van der Waals surface area contributed by atoms with E-state index in [0.717, 1.165) is 29.9 Å². The molecule has 2 aliphatic heterocycles. The van der Waals surface area contributed by atoms with Gasteiger partial charge in [0.05, 0.1) is 17.4 Å². The number of aromatic nitrogens is 5. The Morgan fingerprint density at radius 3 is 2.65 bits per heavy atom. The first-order valence-electron chi connectivity index (χ1n) is 10.9. The van der Waals surface area contributed by atoms with Gasteiger partial charge in [-0.15, -0.1) is 0 Å². The lowest BCUT2D eigenvalue weighted by molar-refractivity contribution is -0.00784. The van der Waals surface area contributed by atoms with Crippen molar-refractivity contribution >= 4 is 5.82 Å². The molecule has 1 unspecified atom stereocenters. The molecule has 1 aliphatic carbocycles. The monoisotopic (exact) mass is 417 g/mol. The molecule has 1 saturated carbocycles. The van der Waals surface area contributed by atoms with Gasteiger partial charge in [0.15, 0.2) is 11.6 Å². The normalized spacial score (nSPS) is 23.7. The fourth-order valence-corrected chi connectivity index (χ4v) is 5.11. The molecule has 0 aromatic carbocycles. The minimum atomic E-state index is -0.228. The maximum Gasteiger partial charge on any atom is 0.197 e. The van der Waals surface area contributed by atoms with Crippen LogP contribution in [0.5, 0.6) is 0 Å². The third kappa shape index (κ3) is 3.08. The number of hydrogen-bond donors (Lipinski definition) is 1. The van der Waals surface area contributed by atoms with E-state index in [9.17, 15) is 4.39 Å². The van der Waals surface area contributed by atoms with Crippen LogP contribution in [0.15, 0.2) is 36.8 Å². The van der Waals surface area contributed by atoms with Crippen molar-refractivity contribution in [2.75, 3.05) is 11.4 Å². The highest BCUT2D eigenvalue weighted by molar-refractivity contribution is 5.48. The number of anilines is 1. The summed E-state index contributed by atoms with van der Waals surface area (Å²) < 4.78 is 14.6. The van der Waals surface area contributed by atoms with E-state index in [-0.39, 0.29) is 17.9 Å². The second-order valence-corrected chi connectivity index (χ2v) is 9.02. The molecule has 3 aromatic heterocycles. The summed E-state index contributed by atoms with van der Waals surface area (Å²) >= 11 is 0. The summed E-state index contributed by atoms with van der Waals surface area (Å²) in [5.74, 6) is 1.52. The molecule has 1 spiro atoms. The summed E-state index contributed by atoms with van der Waals surface area (Å²) in [7, 11) is 0. The van der Waals surface area contributed by atoms with Crippen molar-refractivity contribution in [2.24, 2.45) is 5.41 Å². The SMILES string of the molecule is C[C@@H]1Cc2nc(-c3ncccn3)ncc2CN1c1cc(F)cc(C2NCC23CCC3)n1. The lowest BCUT2D eigenvalue weighted by Crippen LogP contribution is -2.59. The molecule has 3 aromatic rings. The third-order valence-electron chi connectivity index (χ3n) is 7.09. The molecule has 0 amide bonds. The minimum Gasteiger partial charge on any atom is -0.349 e. The van der Waals surface area contributed by atoms with E-state index in [4.69, 9.17) is 9.97 Å². The minimum absolute atomic E-state index is 0.140. The average Bonchev–Trinajstić information content (AvgIpc) is 2.71. The van der Waals surface area contributed by atoms with Crippen molar-refractivity contribution in [3.8, 4) is 11.6 Å². The highest BCUT2D eigenvalue weighted by atomic mass is 19.1. The third-order valence-corrected chi connectivity index (χ3v) is 7.09. The number of nitrogens with one attached hydrogen (secondary N) is 1. The van der Waals surface area contributed by atoms with Gasteiger partial charge in [0.2, 0.25) is 0 Å². The summed E-state index contributed by atoms with van der Waals surface area (Å²) in [4.78, 5) is 24.7. The molecule has 0 radical (unpaired) electrons. The van der Waals surface area contributed by atoms with Crippen LogP contribution in [0.4, 0.5) is 10.2 Å². The van der Waals surface area contributed by atoms with Gasteiger partial charge < -0.3 is 10.2 Å². The van der Waals surface area contributed by atoms with E-state index < -0.39 is 0 Å². The Hall–Kier alpha value is -3.00. The summed E-state index contributed by atoms with van der Waals surface area (Å²) in [6.45, 7) is 3.75. The number of nitrogens with zero attached hydrogens (tertiary/aromatic N) is 6. The van der Waals surface area contributed by atoms with Crippen LogP contribution in [-0.2, 0) is 13.0 Å². The van der Waals surface area contributed by atoms with E-state index >= 15 is 0 Å². The molecule has 3 aliphatic rings. The zero-order chi connectivity index (χ0) is 21.0. The molecular formula is C23H24FN7. The topological polar surface area (TPSA) is 79.7 Å². The lowest BCUT2D eigenvalue weighted by atomic mass is 9.58. The van der Waals surface area contributed by atoms with E-state index in [2.05, 4.69) is 32.1 Å². The molecule has 2 atom stereocenters. The van der Waals surface area contributed by atoms with Crippen LogP contribution in [-0.4, -0.2) is 37.5 Å². The molecular weight excluding hydrogens is 393 g/mol. The standard InChI is InChI=1S/C23H24FN7/c1-14-8-17-15(11-27-22(30-17)21-25-6-3-7-26-21)12-31(14)19-10-16(24)9-18(29-19)20-23(13-28-20)4-2-5-23/h3,6-7,9-11,14,20,28H,2,4-5,8,12-13H2,1H3/t14-,20?/m1/s1. The van der Waals surface area contributed by atoms with Crippen LogP contribution < -0.4 is 10.2 Å². The predicted molar refractivity (Wildman–Crippen MR) is 114 cm³/mol. The summed E-state index contributed by atoms with van der Waals surface area (Å²) in [6, 6.07) is 5.22. The molecule has 2 fully saturated rings. The van der Waals surface area contributed by atoms with E-state index in [1.54, 1.807) is 30.6 Å². The first kappa shape index (κ1) is 18.7. The number of hydrogen-bond acceptors (Lipinski definition) is 7. The van der Waals surface area contributed by atoms with Gasteiger partial charge in [-0.3, -0.25) is 0 Å². The second kappa shape index (κ2) is 7.02. The molecule has 7 nitrogen and oxygen atoms in total. The summed E-state index contributed by atoms with van der Waals surface area (Å²) in [5.41, 5.74) is 3.14. The maximum atomic E-state index is 14.6. The smallest absolute Gasteiger partial charge is 0.197 e. The Labute approximate surface area is 180 Å². The van der Waals surface area contributed by atoms with Crippen molar-refractivity contribution in [1.82, 2.24) is 30.2 Å². The van der Waals surface area contributed by atoms with Crippen molar-refractivity contribution in [2.45, 2.75) is 51.2 Å². The van der Waals surface area contributed by atoms with Gasteiger partial charge in [-0.25, -0.2) is 29.3 Å². The molecule has 0 bridgehead atoms. The van der Waals surface area contributed by atoms with Crippen LogP contribution in [0.2, 0.25) is 0 Å². The van der Waals surface area contributed by atoms with E-state index in [1.807, 2.05) is 6.20 Å². The van der Waals surface area contributed by atoms with E-state index in [1.165, 1.54) is 19.3 Å². The number of halogens is 1. The van der Waals surface area contributed by atoms with Crippen LogP contribution in [0, 0.1) is 11.2 Å². The average molecular weight is 417 g/mol. The van der Waals surface area contributed by atoms with Gasteiger partial charge in [-0.05, 0) is 31.9 Å². The Morgan fingerprint density at radius 1 is 1.10 bits per heavy atom. The quantitative estimate of drug-likeness (QED) is 0.701. The fourth-order valence-electron chi connectivity index (χ4n) is 5.11. The number of fused-ring (bicyclic) bond motifs is 1. The first-order valence-corrected chi connectivity index (χ1v) is 10.9. The van der Waals surface area contributed by atoms with Crippen molar-refractivity contribution in [1.29, 1.82) is 0 Å². The summed E-state index contributed by atoms with van der Waals surface area (Å²) in [5, 5.41) is 3.48. The first-order chi connectivity index (χ1) is 15.1. The Balaban J connectivity index is 1.30. The Morgan fingerprint density at radius 2 is 1.94 bits per heavy atom. The zero-order valence-electron chi connectivity index (χ0n) is 17.4. The second-order valence-electron chi connectivity index (χ2n) is 9.02. The van der Waals surface area contributed by atoms with Gasteiger partial charge in [0.25, 0.3) is 0 Å². The van der Waals surface area contributed by atoms with Crippen LogP contribution in [0.3, 0.4) is 0 Å². The maximum absolute atomic E-state index is 14.6. The Kier molecular flexibility index (Phi) is 4.24. The van der Waals surface area contributed by atoms with Crippen LogP contribution in [0.25, 0.3) is 11.6 Å². The van der Waals surface area contributed by atoms with Gasteiger partial charge in [-0.1, -0.05) is 6.42 Å². The van der Waals surface area contributed by atoms with Crippen LogP contribution >= 0.6 is 0 Å². The van der Waals surface area contributed by atoms with Crippen molar-refractivity contribution in [3.63, 3.8) is 0 Å². The number of pyridine rings is 1. The molecule has 8 heteroatoms. The molecule has 6 rings (SSSR count). The van der Waals surface area contributed by atoms with Gasteiger partial charge in [0, 0.05) is 61.2 Å². The lowest BCUT2D eigenvalue weighted by Gasteiger charge is -2.56. The summed E-state index contributed by atoms with van der Waals surface area (Å²) in [6.07, 6.45) is 9.62. The fraction of sp³-hybridized carbons (Fsp3) is 0.435. The molecule has 158 valence electrons. The predicted octanol–water partition coefficient (Wildman–Crippen LogP) is 3.23. The van der Waals surface area contributed by atoms with Crippen molar-refractivity contribution < 1.29 is 4.39 Å². The van der Waals surface area contributed by atoms with Gasteiger partial charge in [0.1, 0.15) is 11.6 Å². The largest absolute Gasteiger partial charge is 0.349 e. The van der Waals surface area contributed by atoms with Crippen LogP contribution in [0.1, 0.15) is 49.2 Å². The molecule has 1 saturated heterocycles. The molecule has 5 heterocycles. The molecule has 31 heavy (non-hydrogen) atoms. The molecule has 1 N–H and O–H groups in total. The van der Waals surface area contributed by atoms with Gasteiger partial charge in [-0.2, -0.15) is 0 Å². The zero-order valence-corrected chi connectivity index (χ0v) is 17.4. The highest BCUT2D eigenvalue weighted by Crippen LogP contribution is 2.55. The Bertz CT molecular complexity index is 1130. The van der Waals surface area contributed by atoms with E-state index in [0.29, 0.717) is 29.4 Å². The van der Waals surface area contributed by atoms with Gasteiger partial charge >= 0.3 is 0 Å².